The first kappa shape index (κ1) is 29.6. The third-order valence-electron chi connectivity index (χ3n) is 8.11. The van der Waals surface area contributed by atoms with Crippen LogP contribution in [0.1, 0.15) is 12.8 Å². The van der Waals surface area contributed by atoms with Crippen LogP contribution in [0.5, 0.6) is 5.75 Å². The number of morpholine rings is 1. The normalized spacial score (nSPS) is 17.9. The van der Waals surface area contributed by atoms with Crippen LogP contribution in [0.2, 0.25) is 0 Å². The Bertz CT molecular complexity index is 1950. The predicted octanol–water partition coefficient (Wildman–Crippen LogP) is 5.69. The Morgan fingerprint density at radius 3 is 2.51 bits per heavy atom. The summed E-state index contributed by atoms with van der Waals surface area (Å²) in [5.41, 5.74) is 5.70. The van der Waals surface area contributed by atoms with E-state index in [1.54, 1.807) is 43.7 Å². The number of nitrogens with one attached hydrogen (secondary N) is 2. The number of nitrogens with zero attached hydrogens (tertiary/aromatic N) is 7. The molecular weight excluding hydrogens is 657 g/mol. The number of fused-ring (bicyclic) bond motifs is 3. The van der Waals surface area contributed by atoms with Gasteiger partial charge in [-0.1, -0.05) is 0 Å². The van der Waals surface area contributed by atoms with Gasteiger partial charge in [0, 0.05) is 67.8 Å². The van der Waals surface area contributed by atoms with Gasteiger partial charge in [-0.15, -0.1) is 0 Å². The molecule has 7 rings (SSSR count). The van der Waals surface area contributed by atoms with Gasteiger partial charge in [0.2, 0.25) is 5.95 Å². The Labute approximate surface area is 269 Å². The van der Waals surface area contributed by atoms with Crippen LogP contribution < -0.4 is 25.6 Å². The van der Waals surface area contributed by atoms with Gasteiger partial charge < -0.3 is 29.6 Å². The first-order valence-corrected chi connectivity index (χ1v) is 18.0. The Hall–Kier alpha value is -4.06. The Morgan fingerprint density at radius 2 is 1.80 bits per heavy atom. The number of aryl methyl sites for hydroxylation is 1. The second kappa shape index (κ2) is 11.7. The molecule has 45 heavy (non-hydrogen) atoms. The van der Waals surface area contributed by atoms with Gasteiger partial charge in [0.1, 0.15) is 24.2 Å². The largest absolute Gasteiger partial charge is 0.494 e. The highest BCUT2D eigenvalue weighted by Crippen LogP contribution is 2.43. The highest BCUT2D eigenvalue weighted by molar-refractivity contribution is 9.10. The SMILES string of the molecule is COc1cc(N2CC3CCC(C2)O3)c(-c2cnn(C)c2)cc1Nc1ncc(Br)c(Nc2ccc3nccnc3c2P(C)(C)=O)n1. The fourth-order valence-corrected chi connectivity index (χ4v) is 7.81. The van der Waals surface area contributed by atoms with Crippen LogP contribution in [0.3, 0.4) is 0 Å². The molecule has 12 nitrogen and oxygen atoms in total. The lowest BCUT2D eigenvalue weighted by molar-refractivity contribution is 0.0305. The van der Waals surface area contributed by atoms with E-state index in [1.165, 1.54) is 0 Å². The third kappa shape index (κ3) is 5.87. The van der Waals surface area contributed by atoms with Crippen LogP contribution in [0, 0.1) is 0 Å². The molecule has 2 N–H and O–H groups in total. The van der Waals surface area contributed by atoms with Crippen molar-refractivity contribution in [3.8, 4) is 16.9 Å². The summed E-state index contributed by atoms with van der Waals surface area (Å²) in [6.07, 6.45) is 11.4. The van der Waals surface area contributed by atoms with Crippen LogP contribution in [0.25, 0.3) is 22.2 Å². The van der Waals surface area contributed by atoms with E-state index in [0.717, 1.165) is 42.7 Å². The van der Waals surface area contributed by atoms with Gasteiger partial charge in [-0.2, -0.15) is 10.1 Å². The molecule has 5 aromatic rings. The Kier molecular flexibility index (Phi) is 7.71. The summed E-state index contributed by atoms with van der Waals surface area (Å²) in [6.45, 7) is 5.10. The number of hydrogen-bond donors (Lipinski definition) is 2. The lowest BCUT2D eigenvalue weighted by atomic mass is 10.0. The standard InChI is InChI=1S/C31H33BrN9O3P/c1-40-15-18(13-36-40)21-11-25(27(43-2)12-26(21)41-16-19-5-6-20(17-41)44-19)38-31-35-14-22(32)30(39-31)37-24-8-7-23-28(34-10-9-33-23)29(24)45(3,4)42/h7-15,19-20H,5-6,16-17H2,1-4H3,(H2,35,37,38,39). The number of ether oxygens (including phenoxy) is 2. The van der Waals surface area contributed by atoms with Gasteiger partial charge >= 0.3 is 0 Å². The molecule has 2 saturated heterocycles. The van der Waals surface area contributed by atoms with Gasteiger partial charge in [-0.3, -0.25) is 14.6 Å². The molecule has 14 heteroatoms. The molecular formula is C31H33BrN9O3P. The zero-order chi connectivity index (χ0) is 31.3. The first-order chi connectivity index (χ1) is 21.7. The van der Waals surface area contributed by atoms with Crippen molar-refractivity contribution in [3.05, 3.63) is 59.7 Å². The fourth-order valence-electron chi connectivity index (χ4n) is 6.13. The molecule has 2 unspecified atom stereocenters. The molecule has 2 aromatic carbocycles. The smallest absolute Gasteiger partial charge is 0.229 e. The number of halogens is 1. The molecule has 232 valence electrons. The summed E-state index contributed by atoms with van der Waals surface area (Å²) < 4.78 is 27.9. The van der Waals surface area contributed by atoms with Crippen molar-refractivity contribution in [2.24, 2.45) is 7.05 Å². The second-order valence-electron chi connectivity index (χ2n) is 11.7. The van der Waals surface area contributed by atoms with Crippen LogP contribution in [-0.2, 0) is 16.3 Å². The summed E-state index contributed by atoms with van der Waals surface area (Å²) >= 11 is 3.58. The molecule has 2 aliphatic heterocycles. The minimum Gasteiger partial charge on any atom is -0.494 e. The van der Waals surface area contributed by atoms with E-state index in [-0.39, 0.29) is 12.2 Å². The van der Waals surface area contributed by atoms with Crippen molar-refractivity contribution in [2.75, 3.05) is 49.1 Å². The molecule has 0 amide bonds. The zero-order valence-corrected chi connectivity index (χ0v) is 27.8. The molecule has 5 heterocycles. The summed E-state index contributed by atoms with van der Waals surface area (Å²) in [6, 6.07) is 7.83. The van der Waals surface area contributed by atoms with Crippen molar-refractivity contribution in [2.45, 2.75) is 25.0 Å². The number of hydrogen-bond acceptors (Lipinski definition) is 11. The molecule has 2 bridgehead atoms. The van der Waals surface area contributed by atoms with Crippen molar-refractivity contribution in [3.63, 3.8) is 0 Å². The van der Waals surface area contributed by atoms with E-state index in [2.05, 4.69) is 63.6 Å². The number of rotatable bonds is 8. The number of benzene rings is 2. The average Bonchev–Trinajstić information content (AvgIpc) is 3.61. The molecule has 3 aromatic heterocycles. The monoisotopic (exact) mass is 689 g/mol. The molecule has 2 fully saturated rings. The molecule has 0 aliphatic carbocycles. The average molecular weight is 691 g/mol. The molecule has 2 aliphatic rings. The zero-order valence-electron chi connectivity index (χ0n) is 25.4. The van der Waals surface area contributed by atoms with Gasteiger partial charge in [0.15, 0.2) is 0 Å². The molecule has 0 spiro atoms. The number of anilines is 5. The topological polar surface area (TPSA) is 132 Å². The van der Waals surface area contributed by atoms with E-state index < -0.39 is 7.14 Å². The highest BCUT2D eigenvalue weighted by Gasteiger charge is 2.35. The number of methoxy groups -OCH3 is 1. The minimum atomic E-state index is -2.76. The van der Waals surface area contributed by atoms with Crippen molar-refractivity contribution in [1.29, 1.82) is 0 Å². The Morgan fingerprint density at radius 1 is 1.02 bits per heavy atom. The van der Waals surface area contributed by atoms with Crippen molar-refractivity contribution in [1.82, 2.24) is 29.7 Å². The van der Waals surface area contributed by atoms with Gasteiger partial charge in [0.25, 0.3) is 0 Å². The van der Waals surface area contributed by atoms with E-state index in [0.29, 0.717) is 49.7 Å². The van der Waals surface area contributed by atoms with Crippen molar-refractivity contribution < 1.29 is 14.0 Å². The summed E-state index contributed by atoms with van der Waals surface area (Å²) in [7, 11) is 0.809. The Balaban J connectivity index is 1.25. The maximum absolute atomic E-state index is 13.4. The van der Waals surface area contributed by atoms with Crippen LogP contribution in [0.15, 0.2) is 59.7 Å². The van der Waals surface area contributed by atoms with Gasteiger partial charge in [-0.05, 0) is 60.3 Å². The predicted molar refractivity (Wildman–Crippen MR) is 180 cm³/mol. The quantitative estimate of drug-likeness (QED) is 0.195. The highest BCUT2D eigenvalue weighted by atomic mass is 79.9. The second-order valence-corrected chi connectivity index (χ2v) is 15.7. The number of aromatic nitrogens is 6. The minimum absolute atomic E-state index is 0.237. The molecule has 0 radical (unpaired) electrons. The maximum Gasteiger partial charge on any atom is 0.229 e. The van der Waals surface area contributed by atoms with E-state index in [1.807, 2.05) is 31.6 Å². The lowest BCUT2D eigenvalue weighted by Crippen LogP contribution is -2.42. The maximum atomic E-state index is 13.4. The van der Waals surface area contributed by atoms with E-state index in [4.69, 9.17) is 14.5 Å². The molecule has 2 atom stereocenters. The molecule has 0 saturated carbocycles. The fraction of sp³-hybridized carbons (Fsp3) is 0.323. The summed E-state index contributed by atoms with van der Waals surface area (Å²) in [5, 5.41) is 11.8. The van der Waals surface area contributed by atoms with E-state index in [9.17, 15) is 4.57 Å². The van der Waals surface area contributed by atoms with Crippen LogP contribution >= 0.6 is 23.1 Å². The third-order valence-corrected chi connectivity index (χ3v) is 10.2. The van der Waals surface area contributed by atoms with Crippen LogP contribution in [-0.4, -0.2) is 75.5 Å². The lowest BCUT2D eigenvalue weighted by Gasteiger charge is -2.35. The first-order valence-electron chi connectivity index (χ1n) is 14.6. The van der Waals surface area contributed by atoms with Crippen molar-refractivity contribution >= 4 is 68.2 Å². The van der Waals surface area contributed by atoms with Gasteiger partial charge in [0.05, 0.1) is 52.2 Å². The summed E-state index contributed by atoms with van der Waals surface area (Å²) in [5.74, 6) is 1.51. The van der Waals surface area contributed by atoms with E-state index >= 15 is 0 Å². The van der Waals surface area contributed by atoms with Crippen LogP contribution in [0.4, 0.5) is 28.8 Å². The summed E-state index contributed by atoms with van der Waals surface area (Å²) in [4.78, 5) is 20.6. The van der Waals surface area contributed by atoms with Gasteiger partial charge in [-0.25, -0.2) is 4.98 Å².